The molecule has 0 bridgehead atoms. The Hall–Kier alpha value is -3.09. The third-order valence-corrected chi connectivity index (χ3v) is 4.54. The molecule has 0 aliphatic heterocycles. The fourth-order valence-corrected chi connectivity index (χ4v) is 2.94. The highest BCUT2D eigenvalue weighted by atomic mass is 16.5. The number of fused-ring (bicyclic) bond motifs is 1. The average molecular weight is 410 g/mol. The van der Waals surface area contributed by atoms with Crippen LogP contribution in [0.5, 0.6) is 5.75 Å². The van der Waals surface area contributed by atoms with E-state index in [0.29, 0.717) is 32.0 Å². The second-order valence-electron chi connectivity index (χ2n) is 7.35. The highest BCUT2D eigenvalue weighted by molar-refractivity contribution is 5.83. The fraction of sp³-hybridized carbons (Fsp3) is 0.435. The SMILES string of the molecule is CCNC(=NCCCOc1ccc2ccccc2c1)NCCc1nc(C(C)C)no1. The monoisotopic (exact) mass is 409 g/mol. The summed E-state index contributed by atoms with van der Waals surface area (Å²) >= 11 is 0. The van der Waals surface area contributed by atoms with Crippen molar-refractivity contribution in [1.82, 2.24) is 20.8 Å². The minimum absolute atomic E-state index is 0.270. The lowest BCUT2D eigenvalue weighted by molar-refractivity contribution is 0.314. The van der Waals surface area contributed by atoms with Crippen molar-refractivity contribution in [2.24, 2.45) is 4.99 Å². The molecule has 2 aromatic carbocycles. The Morgan fingerprint density at radius 2 is 1.97 bits per heavy atom. The van der Waals surface area contributed by atoms with Gasteiger partial charge in [0.25, 0.3) is 0 Å². The number of nitrogens with one attached hydrogen (secondary N) is 2. The van der Waals surface area contributed by atoms with Gasteiger partial charge in [0.2, 0.25) is 5.89 Å². The van der Waals surface area contributed by atoms with Crippen LogP contribution in [0.25, 0.3) is 10.8 Å². The zero-order valence-electron chi connectivity index (χ0n) is 18.0. The molecule has 0 saturated carbocycles. The van der Waals surface area contributed by atoms with Crippen LogP contribution in [-0.4, -0.2) is 42.3 Å². The lowest BCUT2D eigenvalue weighted by atomic mass is 10.1. The molecular weight excluding hydrogens is 378 g/mol. The van der Waals surface area contributed by atoms with Crippen LogP contribution in [0.4, 0.5) is 0 Å². The minimum atomic E-state index is 0.270. The maximum Gasteiger partial charge on any atom is 0.228 e. The molecule has 7 nitrogen and oxygen atoms in total. The zero-order chi connectivity index (χ0) is 21.2. The van der Waals surface area contributed by atoms with Crippen LogP contribution in [0.3, 0.4) is 0 Å². The summed E-state index contributed by atoms with van der Waals surface area (Å²) in [4.78, 5) is 9.00. The number of hydrogen-bond acceptors (Lipinski definition) is 5. The number of benzene rings is 2. The van der Waals surface area contributed by atoms with Gasteiger partial charge >= 0.3 is 0 Å². The normalized spacial score (nSPS) is 11.8. The van der Waals surface area contributed by atoms with Crippen molar-refractivity contribution in [2.75, 3.05) is 26.2 Å². The maximum absolute atomic E-state index is 5.88. The van der Waals surface area contributed by atoms with E-state index in [4.69, 9.17) is 9.26 Å². The van der Waals surface area contributed by atoms with Gasteiger partial charge in [-0.1, -0.05) is 49.3 Å². The highest BCUT2D eigenvalue weighted by Crippen LogP contribution is 2.20. The van der Waals surface area contributed by atoms with Crippen LogP contribution in [0.1, 0.15) is 44.8 Å². The summed E-state index contributed by atoms with van der Waals surface area (Å²) in [5.74, 6) is 3.34. The molecule has 0 saturated heterocycles. The van der Waals surface area contributed by atoms with Gasteiger partial charge in [0, 0.05) is 38.4 Å². The largest absolute Gasteiger partial charge is 0.494 e. The molecule has 1 aromatic heterocycles. The Kier molecular flexibility index (Phi) is 8.06. The Balaban J connectivity index is 1.40. The molecule has 2 N–H and O–H groups in total. The van der Waals surface area contributed by atoms with Crippen molar-refractivity contribution in [1.29, 1.82) is 0 Å². The van der Waals surface area contributed by atoms with Crippen molar-refractivity contribution >= 4 is 16.7 Å². The topological polar surface area (TPSA) is 84.6 Å². The summed E-state index contributed by atoms with van der Waals surface area (Å²) in [6.45, 7) is 8.94. The number of nitrogens with zero attached hydrogens (tertiary/aromatic N) is 3. The minimum Gasteiger partial charge on any atom is -0.494 e. The molecule has 1 heterocycles. The molecule has 3 aromatic rings. The van der Waals surface area contributed by atoms with E-state index in [0.717, 1.165) is 30.5 Å². The van der Waals surface area contributed by atoms with Crippen molar-refractivity contribution in [3.05, 3.63) is 54.2 Å². The van der Waals surface area contributed by atoms with Crippen LogP contribution >= 0.6 is 0 Å². The quantitative estimate of drug-likeness (QED) is 0.300. The van der Waals surface area contributed by atoms with Crippen LogP contribution in [0.15, 0.2) is 52.0 Å². The zero-order valence-corrected chi connectivity index (χ0v) is 18.0. The second kappa shape index (κ2) is 11.2. The molecule has 0 fully saturated rings. The molecule has 30 heavy (non-hydrogen) atoms. The number of ether oxygens (including phenoxy) is 1. The van der Waals surface area contributed by atoms with Gasteiger partial charge in [0.05, 0.1) is 6.61 Å². The van der Waals surface area contributed by atoms with Gasteiger partial charge in [-0.05, 0) is 29.8 Å². The molecule has 0 aliphatic rings. The number of guanidine groups is 1. The first-order chi connectivity index (χ1) is 14.7. The average Bonchev–Trinajstić information content (AvgIpc) is 3.23. The van der Waals surface area contributed by atoms with Gasteiger partial charge < -0.3 is 19.9 Å². The number of hydrogen-bond donors (Lipinski definition) is 2. The number of aliphatic imine (C=N–C) groups is 1. The van der Waals surface area contributed by atoms with Crippen LogP contribution in [0.2, 0.25) is 0 Å². The van der Waals surface area contributed by atoms with Crippen molar-refractivity contribution < 1.29 is 9.26 Å². The molecule has 3 rings (SSSR count). The van der Waals surface area contributed by atoms with E-state index in [1.807, 2.05) is 39.0 Å². The smallest absolute Gasteiger partial charge is 0.228 e. The maximum atomic E-state index is 5.88. The predicted octanol–water partition coefficient (Wildman–Crippen LogP) is 3.91. The second-order valence-corrected chi connectivity index (χ2v) is 7.35. The standard InChI is InChI=1S/C23H31N5O2/c1-4-24-23(26-14-12-21-27-22(17(2)3)28-30-21)25-13-7-15-29-20-11-10-18-8-5-6-9-19(18)16-20/h5-6,8-11,16-17H,4,7,12-15H2,1-3H3,(H2,24,25,26). The van der Waals surface area contributed by atoms with Gasteiger partial charge in [0.1, 0.15) is 5.75 Å². The Morgan fingerprint density at radius 3 is 2.73 bits per heavy atom. The molecule has 160 valence electrons. The van der Waals surface area contributed by atoms with Gasteiger partial charge in [-0.3, -0.25) is 4.99 Å². The van der Waals surface area contributed by atoms with Gasteiger partial charge in [-0.15, -0.1) is 0 Å². The van der Waals surface area contributed by atoms with Crippen LogP contribution < -0.4 is 15.4 Å². The van der Waals surface area contributed by atoms with Crippen molar-refractivity contribution in [3.8, 4) is 5.75 Å². The first kappa shape index (κ1) is 21.6. The van der Waals surface area contributed by atoms with E-state index in [1.54, 1.807) is 0 Å². The highest BCUT2D eigenvalue weighted by Gasteiger charge is 2.09. The first-order valence-electron chi connectivity index (χ1n) is 10.6. The lowest BCUT2D eigenvalue weighted by Gasteiger charge is -2.10. The Labute approximate surface area is 177 Å². The van der Waals surface area contributed by atoms with Gasteiger partial charge in [0.15, 0.2) is 11.8 Å². The summed E-state index contributed by atoms with van der Waals surface area (Å²) in [5.41, 5.74) is 0. The van der Waals surface area contributed by atoms with E-state index in [1.165, 1.54) is 10.8 Å². The van der Waals surface area contributed by atoms with Gasteiger partial charge in [-0.2, -0.15) is 4.98 Å². The Morgan fingerprint density at radius 1 is 1.13 bits per heavy atom. The predicted molar refractivity (Wildman–Crippen MR) is 120 cm³/mol. The molecule has 0 amide bonds. The Bertz CT molecular complexity index is 951. The molecule has 0 radical (unpaired) electrons. The molecule has 0 spiro atoms. The molecule has 7 heteroatoms. The van der Waals surface area contributed by atoms with E-state index >= 15 is 0 Å². The van der Waals surface area contributed by atoms with Crippen molar-refractivity contribution in [3.63, 3.8) is 0 Å². The van der Waals surface area contributed by atoms with E-state index in [-0.39, 0.29) is 5.92 Å². The van der Waals surface area contributed by atoms with E-state index in [2.05, 4.69) is 50.0 Å². The van der Waals surface area contributed by atoms with E-state index < -0.39 is 0 Å². The van der Waals surface area contributed by atoms with Crippen molar-refractivity contribution in [2.45, 2.75) is 39.5 Å². The van der Waals surface area contributed by atoms with Crippen LogP contribution in [-0.2, 0) is 6.42 Å². The first-order valence-corrected chi connectivity index (χ1v) is 10.6. The van der Waals surface area contributed by atoms with Crippen LogP contribution in [0, 0.1) is 0 Å². The molecule has 0 unspecified atom stereocenters. The number of rotatable bonds is 10. The molecule has 0 atom stereocenters. The summed E-state index contributed by atoms with van der Waals surface area (Å²) < 4.78 is 11.2. The summed E-state index contributed by atoms with van der Waals surface area (Å²) in [5, 5.41) is 13.0. The number of aromatic nitrogens is 2. The molecule has 0 aliphatic carbocycles. The van der Waals surface area contributed by atoms with E-state index in [9.17, 15) is 0 Å². The third kappa shape index (κ3) is 6.47. The summed E-state index contributed by atoms with van der Waals surface area (Å²) in [6.07, 6.45) is 1.50. The summed E-state index contributed by atoms with van der Waals surface area (Å²) in [6, 6.07) is 14.5. The molecular formula is C23H31N5O2. The third-order valence-electron chi connectivity index (χ3n) is 4.54. The van der Waals surface area contributed by atoms with Gasteiger partial charge in [-0.25, -0.2) is 0 Å². The fourth-order valence-electron chi connectivity index (χ4n) is 2.94. The summed E-state index contributed by atoms with van der Waals surface area (Å²) in [7, 11) is 0. The lowest BCUT2D eigenvalue weighted by Crippen LogP contribution is -2.38.